The Kier molecular flexibility index (Phi) is 6.35. The number of rotatable bonds is 6. The predicted octanol–water partition coefficient (Wildman–Crippen LogP) is 0.359. The smallest absolute Gasteiger partial charge is 0.315 e. The largest absolute Gasteiger partial charge is 0.354 e. The van der Waals surface area contributed by atoms with Crippen molar-refractivity contribution in [2.45, 2.75) is 31.8 Å². The SMILES string of the molecule is C[C@H](NC(=O)N[C@H]1CCS(=O)(=O)C1)C(=O)NCCc1ccc(F)cc1. The average molecular weight is 371 g/mol. The van der Waals surface area contributed by atoms with E-state index in [0.29, 0.717) is 19.4 Å². The number of amides is 3. The van der Waals surface area contributed by atoms with Crippen molar-refractivity contribution in [3.05, 3.63) is 35.6 Å². The number of urea groups is 1. The molecule has 1 heterocycles. The Morgan fingerprint density at radius 1 is 1.28 bits per heavy atom. The molecule has 2 atom stereocenters. The monoisotopic (exact) mass is 371 g/mol. The number of hydrogen-bond acceptors (Lipinski definition) is 4. The normalized spacial score (nSPS) is 19.8. The summed E-state index contributed by atoms with van der Waals surface area (Å²) in [6.45, 7) is 1.90. The second-order valence-electron chi connectivity index (χ2n) is 6.11. The van der Waals surface area contributed by atoms with Gasteiger partial charge in [0.1, 0.15) is 11.9 Å². The summed E-state index contributed by atoms with van der Waals surface area (Å²) in [5, 5.41) is 7.73. The Hall–Kier alpha value is -2.16. The first-order valence-corrected chi connectivity index (χ1v) is 9.87. The van der Waals surface area contributed by atoms with E-state index in [9.17, 15) is 22.4 Å². The highest BCUT2D eigenvalue weighted by Gasteiger charge is 2.29. The zero-order chi connectivity index (χ0) is 18.4. The van der Waals surface area contributed by atoms with E-state index in [1.807, 2.05) is 0 Å². The zero-order valence-electron chi connectivity index (χ0n) is 13.9. The lowest BCUT2D eigenvalue weighted by Crippen LogP contribution is -2.51. The first-order valence-electron chi connectivity index (χ1n) is 8.05. The number of halogens is 1. The van der Waals surface area contributed by atoms with Gasteiger partial charge in [-0.05, 0) is 37.5 Å². The van der Waals surface area contributed by atoms with Gasteiger partial charge in [-0.3, -0.25) is 4.79 Å². The van der Waals surface area contributed by atoms with Crippen LogP contribution in [0.4, 0.5) is 9.18 Å². The Labute approximate surface area is 146 Å². The molecule has 0 radical (unpaired) electrons. The highest BCUT2D eigenvalue weighted by molar-refractivity contribution is 7.91. The minimum Gasteiger partial charge on any atom is -0.354 e. The van der Waals surface area contributed by atoms with Crippen molar-refractivity contribution in [2.75, 3.05) is 18.1 Å². The van der Waals surface area contributed by atoms with Gasteiger partial charge in [0, 0.05) is 12.6 Å². The topological polar surface area (TPSA) is 104 Å². The molecule has 0 aliphatic carbocycles. The number of benzene rings is 1. The van der Waals surface area contributed by atoms with Gasteiger partial charge >= 0.3 is 6.03 Å². The number of hydrogen-bond donors (Lipinski definition) is 3. The Bertz CT molecular complexity index is 721. The molecule has 0 aromatic heterocycles. The summed E-state index contributed by atoms with van der Waals surface area (Å²) in [4.78, 5) is 23.8. The molecule has 1 aromatic carbocycles. The summed E-state index contributed by atoms with van der Waals surface area (Å²) in [7, 11) is -3.07. The van der Waals surface area contributed by atoms with Crippen LogP contribution in [-0.4, -0.2) is 50.5 Å². The summed E-state index contributed by atoms with van der Waals surface area (Å²) in [6.07, 6.45) is 0.929. The summed E-state index contributed by atoms with van der Waals surface area (Å²) in [5.41, 5.74) is 0.891. The van der Waals surface area contributed by atoms with Gasteiger partial charge in [0.05, 0.1) is 11.5 Å². The molecular formula is C16H22FN3O4S. The molecule has 7 nitrogen and oxygen atoms in total. The van der Waals surface area contributed by atoms with Crippen molar-refractivity contribution >= 4 is 21.8 Å². The van der Waals surface area contributed by atoms with Crippen LogP contribution in [0.3, 0.4) is 0 Å². The van der Waals surface area contributed by atoms with E-state index in [1.165, 1.54) is 19.1 Å². The van der Waals surface area contributed by atoms with Gasteiger partial charge in [0.2, 0.25) is 5.91 Å². The highest BCUT2D eigenvalue weighted by Crippen LogP contribution is 2.10. The number of nitrogens with one attached hydrogen (secondary N) is 3. The van der Waals surface area contributed by atoms with Crippen LogP contribution in [-0.2, 0) is 21.1 Å². The number of carbonyl (C=O) groups is 2. The molecule has 3 amide bonds. The van der Waals surface area contributed by atoms with E-state index in [4.69, 9.17) is 0 Å². The van der Waals surface area contributed by atoms with E-state index < -0.39 is 28.0 Å². The van der Waals surface area contributed by atoms with E-state index in [0.717, 1.165) is 5.56 Å². The minimum atomic E-state index is -3.07. The summed E-state index contributed by atoms with van der Waals surface area (Å²) >= 11 is 0. The van der Waals surface area contributed by atoms with Crippen molar-refractivity contribution in [2.24, 2.45) is 0 Å². The lowest BCUT2D eigenvalue weighted by atomic mass is 10.1. The fourth-order valence-corrected chi connectivity index (χ4v) is 4.21. The average Bonchev–Trinajstić information content (AvgIpc) is 2.87. The Balaban J connectivity index is 1.68. The molecule has 9 heteroatoms. The fraction of sp³-hybridized carbons (Fsp3) is 0.500. The van der Waals surface area contributed by atoms with Gasteiger partial charge < -0.3 is 16.0 Å². The van der Waals surface area contributed by atoms with Gasteiger partial charge in [-0.25, -0.2) is 17.6 Å². The molecule has 0 unspecified atom stereocenters. The van der Waals surface area contributed by atoms with Crippen LogP contribution in [0.25, 0.3) is 0 Å². The molecule has 2 rings (SSSR count). The van der Waals surface area contributed by atoms with Crippen LogP contribution >= 0.6 is 0 Å². The maximum atomic E-state index is 12.8. The second kappa shape index (κ2) is 8.28. The molecule has 1 aromatic rings. The third-order valence-corrected chi connectivity index (χ3v) is 5.70. The number of carbonyl (C=O) groups excluding carboxylic acids is 2. The van der Waals surface area contributed by atoms with Crippen molar-refractivity contribution in [1.29, 1.82) is 0 Å². The van der Waals surface area contributed by atoms with Gasteiger partial charge in [0.15, 0.2) is 9.84 Å². The fourth-order valence-electron chi connectivity index (χ4n) is 2.53. The van der Waals surface area contributed by atoms with Crippen LogP contribution < -0.4 is 16.0 Å². The molecule has 1 aliphatic heterocycles. The first kappa shape index (κ1) is 19.2. The van der Waals surface area contributed by atoms with E-state index >= 15 is 0 Å². The van der Waals surface area contributed by atoms with E-state index in [-0.39, 0.29) is 23.2 Å². The van der Waals surface area contributed by atoms with Gasteiger partial charge in [0.25, 0.3) is 0 Å². The summed E-state index contributed by atoms with van der Waals surface area (Å²) < 4.78 is 35.5. The van der Waals surface area contributed by atoms with Crippen LogP contribution in [0.5, 0.6) is 0 Å². The minimum absolute atomic E-state index is 0.0668. The van der Waals surface area contributed by atoms with Crippen LogP contribution in [0.2, 0.25) is 0 Å². The Morgan fingerprint density at radius 3 is 2.56 bits per heavy atom. The second-order valence-corrected chi connectivity index (χ2v) is 8.34. The first-order chi connectivity index (χ1) is 11.7. The third kappa shape index (κ3) is 6.33. The van der Waals surface area contributed by atoms with Gasteiger partial charge in [-0.1, -0.05) is 12.1 Å². The summed E-state index contributed by atoms with van der Waals surface area (Å²) in [6, 6.07) is 4.26. The van der Waals surface area contributed by atoms with Crippen molar-refractivity contribution in [1.82, 2.24) is 16.0 Å². The molecular weight excluding hydrogens is 349 g/mol. The number of sulfone groups is 1. The van der Waals surface area contributed by atoms with Crippen LogP contribution in [0.15, 0.2) is 24.3 Å². The van der Waals surface area contributed by atoms with Crippen LogP contribution in [0.1, 0.15) is 18.9 Å². The lowest BCUT2D eigenvalue weighted by Gasteiger charge is -2.17. The third-order valence-electron chi connectivity index (χ3n) is 3.93. The molecule has 0 bridgehead atoms. The maximum Gasteiger partial charge on any atom is 0.315 e. The molecule has 3 N–H and O–H groups in total. The van der Waals surface area contributed by atoms with E-state index in [1.54, 1.807) is 12.1 Å². The lowest BCUT2D eigenvalue weighted by molar-refractivity contribution is -0.122. The molecule has 1 saturated heterocycles. The standard InChI is InChI=1S/C16H22FN3O4S/c1-11(19-16(22)20-14-7-9-25(23,24)10-14)15(21)18-8-6-12-2-4-13(17)5-3-12/h2-5,11,14H,6-10H2,1H3,(H,18,21)(H2,19,20,22)/t11-,14-/m0/s1. The van der Waals surface area contributed by atoms with Crippen molar-refractivity contribution in [3.63, 3.8) is 0 Å². The molecule has 25 heavy (non-hydrogen) atoms. The Morgan fingerprint density at radius 2 is 1.96 bits per heavy atom. The van der Waals surface area contributed by atoms with Crippen LogP contribution in [0, 0.1) is 5.82 Å². The zero-order valence-corrected chi connectivity index (χ0v) is 14.7. The van der Waals surface area contributed by atoms with E-state index in [2.05, 4.69) is 16.0 Å². The predicted molar refractivity (Wildman–Crippen MR) is 91.3 cm³/mol. The van der Waals surface area contributed by atoms with Gasteiger partial charge in [-0.2, -0.15) is 0 Å². The molecule has 138 valence electrons. The van der Waals surface area contributed by atoms with Gasteiger partial charge in [-0.15, -0.1) is 0 Å². The quantitative estimate of drug-likeness (QED) is 0.671. The van der Waals surface area contributed by atoms with Crippen molar-refractivity contribution in [3.8, 4) is 0 Å². The molecule has 1 fully saturated rings. The summed E-state index contributed by atoms with van der Waals surface area (Å²) in [5.74, 6) is -0.668. The molecule has 1 aliphatic rings. The van der Waals surface area contributed by atoms with Crippen molar-refractivity contribution < 1.29 is 22.4 Å². The maximum absolute atomic E-state index is 12.8. The highest BCUT2D eigenvalue weighted by atomic mass is 32.2. The molecule has 0 saturated carbocycles. The molecule has 0 spiro atoms.